The zero-order valence-electron chi connectivity index (χ0n) is 11.2. The first-order valence-corrected chi connectivity index (χ1v) is 6.50. The summed E-state index contributed by atoms with van der Waals surface area (Å²) in [5.41, 5.74) is 1.77. The number of ether oxygens (including phenoxy) is 2. The van der Waals surface area contributed by atoms with Crippen LogP contribution in [0.4, 0.5) is 5.69 Å². The molecule has 0 unspecified atom stereocenters. The van der Waals surface area contributed by atoms with Crippen molar-refractivity contribution >= 4 is 17.6 Å². The summed E-state index contributed by atoms with van der Waals surface area (Å²) in [6.45, 7) is 0.199. The molecule has 0 aromatic heterocycles. The Labute approximate surface area is 121 Å². The summed E-state index contributed by atoms with van der Waals surface area (Å²) >= 11 is 0. The number of amides is 1. The fraction of sp³-hybridized carbons (Fsp3) is 0.125. The highest BCUT2D eigenvalue weighted by atomic mass is 16.5. The van der Waals surface area contributed by atoms with Gasteiger partial charge in [-0.1, -0.05) is 30.3 Å². The van der Waals surface area contributed by atoms with Gasteiger partial charge in [-0.05, 0) is 23.8 Å². The van der Waals surface area contributed by atoms with Crippen LogP contribution in [-0.4, -0.2) is 18.5 Å². The number of anilines is 1. The molecule has 2 aromatic rings. The Balaban J connectivity index is 1.70. The number of carbonyl (C=O) groups is 2. The van der Waals surface area contributed by atoms with E-state index in [-0.39, 0.29) is 19.1 Å². The lowest BCUT2D eigenvalue weighted by atomic mass is 10.1. The van der Waals surface area contributed by atoms with E-state index in [2.05, 4.69) is 5.32 Å². The molecule has 2 aromatic carbocycles. The second-order valence-corrected chi connectivity index (χ2v) is 4.61. The van der Waals surface area contributed by atoms with Crippen molar-refractivity contribution in [3.8, 4) is 5.75 Å². The zero-order valence-corrected chi connectivity index (χ0v) is 11.2. The van der Waals surface area contributed by atoms with E-state index in [9.17, 15) is 9.59 Å². The van der Waals surface area contributed by atoms with E-state index in [4.69, 9.17) is 9.47 Å². The minimum atomic E-state index is -0.443. The van der Waals surface area contributed by atoms with E-state index < -0.39 is 5.97 Å². The standard InChI is InChI=1S/C16H13NO4/c18-15-10-20-14-7-6-12(8-13(14)17-15)16(19)21-9-11-4-2-1-3-5-11/h1-8H,9-10H2,(H,17,18). The lowest BCUT2D eigenvalue weighted by molar-refractivity contribution is -0.118. The van der Waals surface area contributed by atoms with Crippen LogP contribution in [0.2, 0.25) is 0 Å². The molecule has 1 heterocycles. The molecule has 3 rings (SSSR count). The van der Waals surface area contributed by atoms with Gasteiger partial charge in [-0.3, -0.25) is 4.79 Å². The normalized spacial score (nSPS) is 12.9. The number of benzene rings is 2. The Bertz CT molecular complexity index is 682. The van der Waals surface area contributed by atoms with Crippen molar-refractivity contribution < 1.29 is 19.1 Å². The molecule has 0 saturated carbocycles. The predicted molar refractivity (Wildman–Crippen MR) is 76.1 cm³/mol. The third kappa shape index (κ3) is 3.02. The fourth-order valence-electron chi connectivity index (χ4n) is 2.02. The quantitative estimate of drug-likeness (QED) is 0.878. The third-order valence-corrected chi connectivity index (χ3v) is 3.06. The Morgan fingerprint density at radius 3 is 2.81 bits per heavy atom. The molecular weight excluding hydrogens is 270 g/mol. The smallest absolute Gasteiger partial charge is 0.338 e. The largest absolute Gasteiger partial charge is 0.482 e. The highest BCUT2D eigenvalue weighted by molar-refractivity contribution is 5.98. The van der Waals surface area contributed by atoms with Crippen LogP contribution in [0.3, 0.4) is 0 Å². The number of nitrogens with one attached hydrogen (secondary N) is 1. The van der Waals surface area contributed by atoms with Crippen LogP contribution < -0.4 is 10.1 Å². The lowest BCUT2D eigenvalue weighted by Gasteiger charge is -2.18. The van der Waals surface area contributed by atoms with Crippen molar-refractivity contribution in [2.45, 2.75) is 6.61 Å². The lowest BCUT2D eigenvalue weighted by Crippen LogP contribution is -2.25. The molecule has 0 radical (unpaired) electrons. The monoisotopic (exact) mass is 283 g/mol. The van der Waals surface area contributed by atoms with Crippen LogP contribution in [0.5, 0.6) is 5.75 Å². The van der Waals surface area contributed by atoms with Crippen LogP contribution >= 0.6 is 0 Å². The molecule has 0 atom stereocenters. The molecule has 0 spiro atoms. The van der Waals surface area contributed by atoms with Gasteiger partial charge < -0.3 is 14.8 Å². The molecule has 106 valence electrons. The topological polar surface area (TPSA) is 64.6 Å². The van der Waals surface area contributed by atoms with Crippen molar-refractivity contribution in [3.63, 3.8) is 0 Å². The molecule has 1 N–H and O–H groups in total. The highest BCUT2D eigenvalue weighted by Gasteiger charge is 2.18. The van der Waals surface area contributed by atoms with E-state index in [1.807, 2.05) is 30.3 Å². The summed E-state index contributed by atoms with van der Waals surface area (Å²) in [6.07, 6.45) is 0. The zero-order chi connectivity index (χ0) is 14.7. The number of carbonyl (C=O) groups excluding carboxylic acids is 2. The summed E-state index contributed by atoms with van der Waals surface area (Å²) in [7, 11) is 0. The minimum absolute atomic E-state index is 0.00913. The van der Waals surface area contributed by atoms with Crippen molar-refractivity contribution in [1.82, 2.24) is 0 Å². The first-order chi connectivity index (χ1) is 10.2. The molecule has 21 heavy (non-hydrogen) atoms. The fourth-order valence-corrected chi connectivity index (χ4v) is 2.02. The molecule has 0 saturated heterocycles. The van der Waals surface area contributed by atoms with E-state index in [1.165, 1.54) is 0 Å². The molecular formula is C16H13NO4. The number of hydrogen-bond acceptors (Lipinski definition) is 4. The van der Waals surface area contributed by atoms with Crippen molar-refractivity contribution in [2.24, 2.45) is 0 Å². The molecule has 1 aliphatic heterocycles. The number of hydrogen-bond donors (Lipinski definition) is 1. The summed E-state index contributed by atoms with van der Waals surface area (Å²) in [5.74, 6) is -0.131. The van der Waals surface area contributed by atoms with E-state index >= 15 is 0 Å². The van der Waals surface area contributed by atoms with Gasteiger partial charge in [-0.2, -0.15) is 0 Å². The average molecular weight is 283 g/mol. The first-order valence-electron chi connectivity index (χ1n) is 6.50. The molecule has 5 heteroatoms. The Hall–Kier alpha value is -2.82. The van der Waals surface area contributed by atoms with E-state index in [0.717, 1.165) is 5.56 Å². The number of fused-ring (bicyclic) bond motifs is 1. The van der Waals surface area contributed by atoms with Gasteiger partial charge >= 0.3 is 5.97 Å². The predicted octanol–water partition coefficient (Wildman–Crippen LogP) is 2.37. The molecule has 0 bridgehead atoms. The van der Waals surface area contributed by atoms with Crippen molar-refractivity contribution in [2.75, 3.05) is 11.9 Å². The summed E-state index contributed by atoms with van der Waals surface area (Å²) in [6, 6.07) is 14.3. The second-order valence-electron chi connectivity index (χ2n) is 4.61. The van der Waals surface area contributed by atoms with Gasteiger partial charge in [0.2, 0.25) is 0 Å². The molecule has 0 aliphatic carbocycles. The maximum Gasteiger partial charge on any atom is 0.338 e. The summed E-state index contributed by atoms with van der Waals surface area (Å²) in [4.78, 5) is 23.3. The summed E-state index contributed by atoms with van der Waals surface area (Å²) in [5, 5.41) is 2.66. The van der Waals surface area contributed by atoms with Crippen LogP contribution in [0.15, 0.2) is 48.5 Å². The van der Waals surface area contributed by atoms with Crippen molar-refractivity contribution in [3.05, 3.63) is 59.7 Å². The van der Waals surface area contributed by atoms with Gasteiger partial charge in [0.1, 0.15) is 12.4 Å². The van der Waals surface area contributed by atoms with Crippen LogP contribution in [-0.2, 0) is 16.1 Å². The maximum absolute atomic E-state index is 12.0. The van der Waals surface area contributed by atoms with Crippen LogP contribution in [0.25, 0.3) is 0 Å². The third-order valence-electron chi connectivity index (χ3n) is 3.06. The van der Waals surface area contributed by atoms with Gasteiger partial charge in [0.05, 0.1) is 11.3 Å². The second kappa shape index (κ2) is 5.66. The van der Waals surface area contributed by atoms with Gasteiger partial charge in [0, 0.05) is 0 Å². The van der Waals surface area contributed by atoms with Crippen LogP contribution in [0, 0.1) is 0 Å². The van der Waals surface area contributed by atoms with E-state index in [0.29, 0.717) is 17.0 Å². The maximum atomic E-state index is 12.0. The minimum Gasteiger partial charge on any atom is -0.482 e. The Morgan fingerprint density at radius 1 is 1.19 bits per heavy atom. The number of rotatable bonds is 3. The SMILES string of the molecule is O=C1COc2ccc(C(=O)OCc3ccccc3)cc2N1. The molecule has 1 amide bonds. The molecule has 1 aliphatic rings. The average Bonchev–Trinajstić information content (AvgIpc) is 2.53. The van der Waals surface area contributed by atoms with Gasteiger partial charge in [-0.25, -0.2) is 4.79 Å². The Morgan fingerprint density at radius 2 is 2.00 bits per heavy atom. The first kappa shape index (κ1) is 13.2. The highest BCUT2D eigenvalue weighted by Crippen LogP contribution is 2.28. The molecule has 0 fully saturated rings. The van der Waals surface area contributed by atoms with Gasteiger partial charge in [0.25, 0.3) is 5.91 Å². The van der Waals surface area contributed by atoms with Gasteiger partial charge in [-0.15, -0.1) is 0 Å². The Kier molecular flexibility index (Phi) is 3.55. The van der Waals surface area contributed by atoms with Gasteiger partial charge in [0.15, 0.2) is 6.61 Å². The summed E-state index contributed by atoms with van der Waals surface area (Å²) < 4.78 is 10.5. The van der Waals surface area contributed by atoms with Crippen LogP contribution in [0.1, 0.15) is 15.9 Å². The van der Waals surface area contributed by atoms with E-state index in [1.54, 1.807) is 18.2 Å². The molecule has 5 nitrogen and oxygen atoms in total. The van der Waals surface area contributed by atoms with Crippen molar-refractivity contribution in [1.29, 1.82) is 0 Å². The number of esters is 1.